The lowest BCUT2D eigenvalue weighted by Crippen LogP contribution is -2.41. The van der Waals surface area contributed by atoms with Gasteiger partial charge in [0.1, 0.15) is 22.2 Å². The largest absolute Gasteiger partial charge is 0.497 e. The summed E-state index contributed by atoms with van der Waals surface area (Å²) in [6.45, 7) is 4.77. The monoisotopic (exact) mass is 616 g/mol. The van der Waals surface area contributed by atoms with Crippen LogP contribution in [0.3, 0.4) is 0 Å². The third-order valence-corrected chi connectivity index (χ3v) is 9.89. The molecule has 1 unspecified atom stereocenters. The molecule has 3 N–H and O–H groups in total. The quantitative estimate of drug-likeness (QED) is 0.106. The lowest BCUT2D eigenvalue weighted by Gasteiger charge is -2.45. The van der Waals surface area contributed by atoms with E-state index in [0.717, 1.165) is 30.7 Å². The number of benzene rings is 3. The van der Waals surface area contributed by atoms with Gasteiger partial charge in [0.2, 0.25) is 0 Å². The van der Waals surface area contributed by atoms with Gasteiger partial charge in [-0.3, -0.25) is 9.11 Å². The van der Waals surface area contributed by atoms with Crippen LogP contribution in [0.15, 0.2) is 82.8 Å². The Bertz CT molecular complexity index is 1390. The summed E-state index contributed by atoms with van der Waals surface area (Å²) in [5.41, 5.74) is 2.17. The molecule has 3 aromatic rings. The summed E-state index contributed by atoms with van der Waals surface area (Å²) in [4.78, 5) is 14.1. The molecule has 42 heavy (non-hydrogen) atoms. The van der Waals surface area contributed by atoms with Crippen molar-refractivity contribution in [2.45, 2.75) is 55.5 Å². The van der Waals surface area contributed by atoms with Crippen LogP contribution in [0.1, 0.15) is 38.7 Å². The van der Waals surface area contributed by atoms with Crippen LogP contribution in [-0.4, -0.2) is 49.9 Å². The molecule has 1 aliphatic rings. The SMILES string of the molecule is CCCCC1CN(c2ccc(F)cc2)c2cc(SCC)c(O/C=C/C(=O)O)cc2S(O)(O)N1Cc1ccc(OC)cc1. The molecule has 0 fully saturated rings. The van der Waals surface area contributed by atoms with Gasteiger partial charge in [-0.25, -0.2) is 9.18 Å². The number of hydrogen-bond donors (Lipinski definition) is 3. The lowest BCUT2D eigenvalue weighted by atomic mass is 10.1. The molecule has 0 radical (unpaired) electrons. The van der Waals surface area contributed by atoms with Crippen LogP contribution >= 0.6 is 22.5 Å². The average molecular weight is 617 g/mol. The highest BCUT2D eigenvalue weighted by Crippen LogP contribution is 2.61. The van der Waals surface area contributed by atoms with Gasteiger partial charge in [-0.15, -0.1) is 22.5 Å². The number of nitrogens with zero attached hydrogens (tertiary/aromatic N) is 2. The number of carboxylic acid groups (broad SMARTS) is 1. The van der Waals surface area contributed by atoms with Gasteiger partial charge in [0.25, 0.3) is 0 Å². The topological polar surface area (TPSA) is 103 Å². The van der Waals surface area contributed by atoms with Crippen LogP contribution in [-0.2, 0) is 11.3 Å². The number of rotatable bonds is 12. The Labute approximate surface area is 252 Å². The minimum atomic E-state index is -3.60. The number of anilines is 2. The molecular weight excluding hydrogens is 579 g/mol. The summed E-state index contributed by atoms with van der Waals surface area (Å²) in [5.74, 6) is 0.193. The number of ether oxygens (including phenoxy) is 2. The first-order chi connectivity index (χ1) is 20.2. The highest BCUT2D eigenvalue weighted by atomic mass is 32.3. The molecule has 11 heteroatoms. The predicted molar refractivity (Wildman–Crippen MR) is 167 cm³/mol. The standard InChI is InChI=1S/C31H37FN2O6S2/c1-4-6-7-25-21-33(24-12-10-23(32)11-13-24)27-18-29(41-5-2)28(40-17-16-31(35)36)19-30(27)42(37,38)34(25)20-22-8-14-26(39-3)15-9-22/h8-19,25,37-38H,4-7,20-21H2,1-3H3,(H,35,36)/b17-16+. The zero-order valence-corrected chi connectivity index (χ0v) is 25.5. The predicted octanol–water partition coefficient (Wildman–Crippen LogP) is 8.16. The maximum Gasteiger partial charge on any atom is 0.331 e. The first kappa shape index (κ1) is 31.7. The molecule has 0 saturated carbocycles. The fourth-order valence-electron chi connectivity index (χ4n) is 4.89. The van der Waals surface area contributed by atoms with Crippen molar-refractivity contribution in [1.29, 1.82) is 0 Å². The van der Waals surface area contributed by atoms with Gasteiger partial charge >= 0.3 is 5.97 Å². The first-order valence-electron chi connectivity index (χ1n) is 13.8. The Kier molecular flexibility index (Phi) is 10.8. The van der Waals surface area contributed by atoms with Crippen molar-refractivity contribution in [2.75, 3.05) is 24.3 Å². The number of aliphatic carboxylic acids is 1. The van der Waals surface area contributed by atoms with Gasteiger partial charge in [0, 0.05) is 30.9 Å². The molecule has 1 heterocycles. The van der Waals surface area contributed by atoms with E-state index in [1.165, 1.54) is 23.9 Å². The summed E-state index contributed by atoms with van der Waals surface area (Å²) in [6, 6.07) is 16.8. The second-order valence-corrected chi connectivity index (χ2v) is 13.0. The van der Waals surface area contributed by atoms with Crippen molar-refractivity contribution in [3.63, 3.8) is 0 Å². The molecule has 0 aromatic heterocycles. The second kappa shape index (κ2) is 14.3. The molecule has 1 aliphatic heterocycles. The minimum absolute atomic E-state index is 0.249. The number of thioether (sulfide) groups is 1. The molecule has 0 saturated heterocycles. The normalized spacial score (nSPS) is 17.5. The van der Waals surface area contributed by atoms with Crippen LogP contribution in [0.25, 0.3) is 0 Å². The van der Waals surface area contributed by atoms with Crippen molar-refractivity contribution in [3.8, 4) is 11.5 Å². The third-order valence-electron chi connectivity index (χ3n) is 6.97. The maximum atomic E-state index is 14.0. The van der Waals surface area contributed by atoms with Crippen molar-refractivity contribution in [1.82, 2.24) is 4.31 Å². The van der Waals surface area contributed by atoms with Gasteiger partial charge in [-0.05, 0) is 60.2 Å². The molecule has 226 valence electrons. The van der Waals surface area contributed by atoms with Gasteiger partial charge in [-0.2, -0.15) is 4.31 Å². The van der Waals surface area contributed by atoms with E-state index in [1.807, 2.05) is 42.2 Å². The number of carboxylic acids is 1. The van der Waals surface area contributed by atoms with Crippen LogP contribution in [0.5, 0.6) is 11.5 Å². The molecule has 0 bridgehead atoms. The summed E-state index contributed by atoms with van der Waals surface area (Å²) in [7, 11) is -2.00. The van der Waals surface area contributed by atoms with Gasteiger partial charge < -0.3 is 19.5 Å². The van der Waals surface area contributed by atoms with Crippen LogP contribution < -0.4 is 14.4 Å². The Balaban J connectivity index is 1.91. The Morgan fingerprint density at radius 3 is 2.45 bits per heavy atom. The molecule has 1 atom stereocenters. The zero-order valence-electron chi connectivity index (χ0n) is 23.9. The van der Waals surface area contributed by atoms with E-state index in [1.54, 1.807) is 29.6 Å². The van der Waals surface area contributed by atoms with Gasteiger partial charge in [-0.1, -0.05) is 38.8 Å². The molecule has 3 aromatic carbocycles. The Morgan fingerprint density at radius 1 is 1.12 bits per heavy atom. The summed E-state index contributed by atoms with van der Waals surface area (Å²) >= 11 is 1.49. The van der Waals surface area contributed by atoms with Crippen molar-refractivity contribution in [2.24, 2.45) is 0 Å². The molecule has 0 amide bonds. The number of halogens is 1. The molecule has 0 aliphatic carbocycles. The number of methoxy groups -OCH3 is 1. The summed E-state index contributed by atoms with van der Waals surface area (Å²) in [5, 5.41) is 9.07. The van der Waals surface area contributed by atoms with E-state index in [4.69, 9.17) is 14.6 Å². The summed E-state index contributed by atoms with van der Waals surface area (Å²) in [6.07, 6.45) is 4.46. The van der Waals surface area contributed by atoms with Gasteiger partial charge in [0.15, 0.2) is 0 Å². The molecule has 0 spiro atoms. The zero-order chi connectivity index (χ0) is 30.3. The number of fused-ring (bicyclic) bond motifs is 1. The van der Waals surface area contributed by atoms with Crippen molar-refractivity contribution < 1.29 is 32.9 Å². The minimum Gasteiger partial charge on any atom is -0.497 e. The van der Waals surface area contributed by atoms with Gasteiger partial charge in [0.05, 0.1) is 30.0 Å². The van der Waals surface area contributed by atoms with Crippen molar-refractivity contribution >= 4 is 39.9 Å². The second-order valence-electron chi connectivity index (χ2n) is 9.78. The van der Waals surface area contributed by atoms with E-state index in [2.05, 4.69) is 6.92 Å². The maximum absolute atomic E-state index is 14.0. The smallest absolute Gasteiger partial charge is 0.331 e. The molecule has 4 rings (SSSR count). The van der Waals surface area contributed by atoms with Crippen LogP contribution in [0, 0.1) is 5.82 Å². The van der Waals surface area contributed by atoms with Crippen molar-refractivity contribution in [3.05, 3.63) is 84.4 Å². The average Bonchev–Trinajstić information content (AvgIpc) is 3.05. The van der Waals surface area contributed by atoms with E-state index in [9.17, 15) is 18.3 Å². The Hall–Kier alpha value is -3.22. The van der Waals surface area contributed by atoms with E-state index in [-0.39, 0.29) is 23.3 Å². The fraction of sp³-hybridized carbons (Fsp3) is 0.323. The number of unbranched alkanes of at least 4 members (excludes halogenated alkanes) is 1. The summed E-state index contributed by atoms with van der Waals surface area (Å²) < 4.78 is 51.1. The van der Waals surface area contributed by atoms with E-state index in [0.29, 0.717) is 46.5 Å². The first-order valence-corrected chi connectivity index (χ1v) is 16.2. The van der Waals surface area contributed by atoms with E-state index >= 15 is 0 Å². The third kappa shape index (κ3) is 7.40. The number of hydrogen-bond acceptors (Lipinski definition) is 8. The highest BCUT2D eigenvalue weighted by Gasteiger charge is 2.40. The Morgan fingerprint density at radius 2 is 1.83 bits per heavy atom. The van der Waals surface area contributed by atoms with Crippen LogP contribution in [0.2, 0.25) is 0 Å². The fourth-order valence-corrected chi connectivity index (χ4v) is 7.53. The lowest BCUT2D eigenvalue weighted by molar-refractivity contribution is -0.131. The molecule has 8 nitrogen and oxygen atoms in total. The van der Waals surface area contributed by atoms with Crippen LogP contribution in [0.4, 0.5) is 15.8 Å². The highest BCUT2D eigenvalue weighted by molar-refractivity contribution is 8.22. The van der Waals surface area contributed by atoms with E-state index < -0.39 is 16.7 Å². The molecular formula is C31H37FN2O6S2. The number of carbonyl (C=O) groups is 1.